The van der Waals surface area contributed by atoms with Gasteiger partial charge in [0.05, 0.1) is 12.5 Å². The predicted octanol–water partition coefficient (Wildman–Crippen LogP) is 14.6. The third-order valence-electron chi connectivity index (χ3n) is 10.3. The Balaban J connectivity index is 0. The second-order valence-electron chi connectivity index (χ2n) is 15.8. The zero-order chi connectivity index (χ0) is 41.6. The number of esters is 1. The lowest BCUT2D eigenvalue weighted by Crippen LogP contribution is -2.14. The van der Waals surface area contributed by atoms with Crippen LogP contribution in [0, 0.1) is 5.92 Å². The van der Waals surface area contributed by atoms with Crippen LogP contribution in [0.4, 0.5) is 0 Å². The minimum atomic E-state index is -0.846. The molecule has 56 heavy (non-hydrogen) atoms. The number of unbranched alkanes of at least 4 members (excludes halogenated alkanes) is 25. The van der Waals surface area contributed by atoms with Gasteiger partial charge in [-0.1, -0.05) is 160 Å². The quantitative estimate of drug-likeness (QED) is 0.0315. The smallest absolute Gasteiger partial charge is 0.306 e. The largest absolute Gasteiger partial charge is 0.481 e. The molecule has 8 heteroatoms. The van der Waals surface area contributed by atoms with E-state index in [-0.39, 0.29) is 24.7 Å². The fraction of sp³-hybridized carbons (Fsp3) is 0.833. The number of hydrogen-bond donors (Lipinski definition) is 3. The van der Waals surface area contributed by atoms with Crippen LogP contribution >= 0.6 is 0 Å². The molecular formula is C48H88O8. The Morgan fingerprint density at radius 2 is 0.750 bits per heavy atom. The number of allylic oxidation sites excluding steroid dienone is 4. The number of aliphatic carboxylic acids is 3. The molecule has 1 atom stereocenters. The summed E-state index contributed by atoms with van der Waals surface area (Å²) in [5.41, 5.74) is 0. The van der Waals surface area contributed by atoms with E-state index < -0.39 is 17.9 Å². The molecule has 0 aromatic rings. The molecule has 0 saturated heterocycles. The summed E-state index contributed by atoms with van der Waals surface area (Å²) in [5.74, 6) is -3.01. The van der Waals surface area contributed by atoms with E-state index in [1.54, 1.807) is 0 Å². The van der Waals surface area contributed by atoms with Crippen LogP contribution in [0.2, 0.25) is 0 Å². The van der Waals surface area contributed by atoms with Gasteiger partial charge in [0, 0.05) is 19.3 Å². The molecule has 0 aromatic carbocycles. The maximum Gasteiger partial charge on any atom is 0.306 e. The van der Waals surface area contributed by atoms with Crippen molar-refractivity contribution in [2.24, 2.45) is 5.92 Å². The molecular weight excluding hydrogens is 705 g/mol. The van der Waals surface area contributed by atoms with Crippen LogP contribution in [0.5, 0.6) is 0 Å². The summed E-state index contributed by atoms with van der Waals surface area (Å²) in [5, 5.41) is 26.4. The van der Waals surface area contributed by atoms with E-state index in [1.807, 2.05) is 0 Å². The van der Waals surface area contributed by atoms with Crippen LogP contribution in [0.25, 0.3) is 0 Å². The average Bonchev–Trinajstić information content (AvgIpc) is 3.16. The molecule has 0 spiro atoms. The predicted molar refractivity (Wildman–Crippen MR) is 233 cm³/mol. The first-order valence-corrected chi connectivity index (χ1v) is 23.4. The molecule has 0 aromatic heterocycles. The number of ether oxygens (including phenoxy) is 1. The lowest BCUT2D eigenvalue weighted by Gasteiger charge is -2.11. The molecule has 1 unspecified atom stereocenters. The van der Waals surface area contributed by atoms with Gasteiger partial charge >= 0.3 is 23.9 Å². The first-order valence-electron chi connectivity index (χ1n) is 23.4. The topological polar surface area (TPSA) is 138 Å². The highest BCUT2D eigenvalue weighted by Crippen LogP contribution is 2.19. The minimum Gasteiger partial charge on any atom is -0.481 e. The van der Waals surface area contributed by atoms with E-state index in [4.69, 9.17) is 14.9 Å². The Bertz CT molecular complexity index is 941. The van der Waals surface area contributed by atoms with Crippen molar-refractivity contribution in [3.05, 3.63) is 24.3 Å². The zero-order valence-corrected chi connectivity index (χ0v) is 36.4. The molecule has 0 heterocycles. The van der Waals surface area contributed by atoms with Gasteiger partial charge in [-0.2, -0.15) is 0 Å². The van der Waals surface area contributed by atoms with Crippen molar-refractivity contribution in [2.75, 3.05) is 6.61 Å². The number of hydrogen-bond acceptors (Lipinski definition) is 5. The first-order chi connectivity index (χ1) is 27.2. The van der Waals surface area contributed by atoms with Crippen LogP contribution < -0.4 is 0 Å². The maximum absolute atomic E-state index is 11.5. The highest BCUT2D eigenvalue weighted by atomic mass is 16.5. The van der Waals surface area contributed by atoms with Crippen molar-refractivity contribution in [3.8, 4) is 0 Å². The summed E-state index contributed by atoms with van der Waals surface area (Å²) in [7, 11) is 0. The van der Waals surface area contributed by atoms with Gasteiger partial charge in [-0.25, -0.2) is 0 Å². The standard InChI is InChI=1S/2C24H44O4/c1-2-3-4-5-6-7-8-9-10-11-12-13-14-15-16-19-22-28-24(27)21-18-17-20-23(25)26;1-2-3-4-5-6-7-8-9-10-11-12-13-14-15-16-17-19-22(24(27)28)20-18-21-23(25)26/h9-10H,2-8,11-22H2,1H3,(H,25,26);9-10,22H,2-8,11-21H2,1H3,(H,25,26)(H,27,28)/b10-9-;. The second-order valence-corrected chi connectivity index (χ2v) is 15.8. The Morgan fingerprint density at radius 3 is 1.16 bits per heavy atom. The van der Waals surface area contributed by atoms with Gasteiger partial charge in [-0.15, -0.1) is 0 Å². The van der Waals surface area contributed by atoms with Gasteiger partial charge in [0.25, 0.3) is 0 Å². The van der Waals surface area contributed by atoms with Gasteiger partial charge in [0.15, 0.2) is 0 Å². The molecule has 0 aliphatic carbocycles. The fourth-order valence-electron chi connectivity index (χ4n) is 6.68. The lowest BCUT2D eigenvalue weighted by atomic mass is 9.95. The number of carboxylic acids is 3. The van der Waals surface area contributed by atoms with E-state index in [0.29, 0.717) is 45.1 Å². The molecule has 0 saturated carbocycles. The highest BCUT2D eigenvalue weighted by Gasteiger charge is 2.17. The first kappa shape index (κ1) is 55.5. The minimum absolute atomic E-state index is 0.0667. The molecule has 0 amide bonds. The van der Waals surface area contributed by atoms with Gasteiger partial charge in [-0.3, -0.25) is 19.2 Å². The summed E-state index contributed by atoms with van der Waals surface area (Å²) in [6.45, 7) is 5.01. The third kappa shape index (κ3) is 49.4. The molecule has 0 radical (unpaired) electrons. The number of carbonyl (C=O) groups excluding carboxylic acids is 1. The monoisotopic (exact) mass is 793 g/mol. The fourth-order valence-corrected chi connectivity index (χ4v) is 6.68. The van der Waals surface area contributed by atoms with Crippen LogP contribution in [-0.4, -0.2) is 45.8 Å². The number of carbonyl (C=O) groups is 4. The van der Waals surface area contributed by atoms with Gasteiger partial charge in [-0.05, 0) is 89.9 Å². The van der Waals surface area contributed by atoms with E-state index >= 15 is 0 Å². The van der Waals surface area contributed by atoms with Crippen molar-refractivity contribution in [3.63, 3.8) is 0 Å². The Kier molecular flexibility index (Phi) is 46.3. The SMILES string of the molecule is CCCCCCCC/C=C\CCCCCCCCOC(=O)CCCCC(=O)O.CCCCCCCCC=CCCCCCCCCC(CCCC(=O)O)C(=O)O. The van der Waals surface area contributed by atoms with E-state index in [9.17, 15) is 24.3 Å². The van der Waals surface area contributed by atoms with Gasteiger partial charge in [0.2, 0.25) is 0 Å². The Morgan fingerprint density at radius 1 is 0.411 bits per heavy atom. The second kappa shape index (κ2) is 46.7. The van der Waals surface area contributed by atoms with Crippen LogP contribution in [0.1, 0.15) is 245 Å². The molecule has 0 fully saturated rings. The van der Waals surface area contributed by atoms with E-state index in [1.165, 1.54) is 154 Å². The van der Waals surface area contributed by atoms with Crippen LogP contribution in [0.15, 0.2) is 24.3 Å². The third-order valence-corrected chi connectivity index (χ3v) is 10.3. The van der Waals surface area contributed by atoms with Crippen LogP contribution in [0.3, 0.4) is 0 Å². The zero-order valence-electron chi connectivity index (χ0n) is 36.4. The molecule has 3 N–H and O–H groups in total. The maximum atomic E-state index is 11.5. The van der Waals surface area contributed by atoms with Gasteiger partial charge < -0.3 is 20.1 Å². The summed E-state index contributed by atoms with van der Waals surface area (Å²) in [4.78, 5) is 43.6. The van der Waals surface area contributed by atoms with Crippen molar-refractivity contribution < 1.29 is 39.2 Å². The van der Waals surface area contributed by atoms with Crippen molar-refractivity contribution in [1.82, 2.24) is 0 Å². The summed E-state index contributed by atoms with van der Waals surface area (Å²) < 4.78 is 5.17. The molecule has 0 aliphatic rings. The Hall–Kier alpha value is -2.64. The lowest BCUT2D eigenvalue weighted by molar-refractivity contribution is -0.144. The number of rotatable bonds is 42. The van der Waals surface area contributed by atoms with Crippen molar-refractivity contribution in [2.45, 2.75) is 245 Å². The van der Waals surface area contributed by atoms with Crippen molar-refractivity contribution in [1.29, 1.82) is 0 Å². The van der Waals surface area contributed by atoms with Crippen molar-refractivity contribution >= 4 is 23.9 Å². The molecule has 0 rings (SSSR count). The van der Waals surface area contributed by atoms with Crippen LogP contribution in [-0.2, 0) is 23.9 Å². The Labute approximate surface area is 344 Å². The number of carboxylic acid groups (broad SMARTS) is 3. The van der Waals surface area contributed by atoms with E-state index in [2.05, 4.69) is 38.2 Å². The van der Waals surface area contributed by atoms with Gasteiger partial charge in [0.1, 0.15) is 0 Å². The molecule has 328 valence electrons. The summed E-state index contributed by atoms with van der Waals surface area (Å²) in [6, 6.07) is 0. The van der Waals surface area contributed by atoms with E-state index in [0.717, 1.165) is 25.7 Å². The highest BCUT2D eigenvalue weighted by molar-refractivity contribution is 5.70. The summed E-state index contributed by atoms with van der Waals surface area (Å²) >= 11 is 0. The molecule has 8 nitrogen and oxygen atoms in total. The normalized spacial score (nSPS) is 11.8. The summed E-state index contributed by atoms with van der Waals surface area (Å²) in [6.07, 6.45) is 47.9. The molecule has 0 aliphatic heterocycles. The average molecular weight is 793 g/mol. The molecule has 0 bridgehead atoms.